The fraction of sp³-hybridized carbons (Fsp3) is 0.915. The summed E-state index contributed by atoms with van der Waals surface area (Å²) in [6.07, 6.45) is 71.0. The third kappa shape index (κ3) is 48.9. The molecular weight excluding hydrogens is 1210 g/mol. The number of ether oxygens (including phenoxy) is 4. The number of carbonyl (C=O) groups is 1. The van der Waals surface area contributed by atoms with Gasteiger partial charge in [0, 0.05) is 6.42 Å². The Balaban J connectivity index is 1.62. The van der Waals surface area contributed by atoms with E-state index in [0.29, 0.717) is 12.8 Å². The molecule has 96 heavy (non-hydrogen) atoms. The van der Waals surface area contributed by atoms with Crippen molar-refractivity contribution in [2.75, 3.05) is 19.8 Å². The number of rotatable bonds is 70. The van der Waals surface area contributed by atoms with Crippen molar-refractivity contribution < 1.29 is 64.6 Å². The maximum absolute atomic E-state index is 13.4. The van der Waals surface area contributed by atoms with Crippen LogP contribution in [0.2, 0.25) is 0 Å². The van der Waals surface area contributed by atoms with Gasteiger partial charge in [0.15, 0.2) is 12.6 Å². The Bertz CT molecular complexity index is 1750. The van der Waals surface area contributed by atoms with Gasteiger partial charge in [-0.25, -0.2) is 0 Å². The zero-order valence-electron chi connectivity index (χ0n) is 62.1. The van der Waals surface area contributed by atoms with Crippen molar-refractivity contribution in [1.29, 1.82) is 0 Å². The largest absolute Gasteiger partial charge is 0.394 e. The summed E-state index contributed by atoms with van der Waals surface area (Å²) in [5.41, 5.74) is 0. The van der Waals surface area contributed by atoms with Gasteiger partial charge >= 0.3 is 0 Å². The molecule has 0 bridgehead atoms. The van der Waals surface area contributed by atoms with Crippen molar-refractivity contribution in [3.05, 3.63) is 36.5 Å². The van der Waals surface area contributed by atoms with Crippen molar-refractivity contribution in [3.63, 3.8) is 0 Å². The van der Waals surface area contributed by atoms with Crippen LogP contribution in [-0.4, -0.2) is 140 Å². The zero-order valence-corrected chi connectivity index (χ0v) is 62.1. The van der Waals surface area contributed by atoms with E-state index in [0.717, 1.165) is 32.1 Å². The fourth-order valence-corrected chi connectivity index (χ4v) is 13.8. The zero-order chi connectivity index (χ0) is 69.4. The maximum atomic E-state index is 13.4. The van der Waals surface area contributed by atoms with E-state index in [2.05, 4.69) is 43.5 Å². The Morgan fingerprint density at radius 3 is 1.02 bits per heavy atom. The van der Waals surface area contributed by atoms with Crippen LogP contribution in [0.15, 0.2) is 36.5 Å². The molecule has 12 atom stereocenters. The van der Waals surface area contributed by atoms with Crippen molar-refractivity contribution in [2.45, 2.75) is 460 Å². The van der Waals surface area contributed by atoms with Crippen molar-refractivity contribution in [3.8, 4) is 0 Å². The molecule has 0 spiro atoms. The van der Waals surface area contributed by atoms with Gasteiger partial charge in [-0.1, -0.05) is 359 Å². The lowest BCUT2D eigenvalue weighted by Crippen LogP contribution is -2.65. The number of hydrogen-bond acceptors (Lipinski definition) is 13. The molecule has 2 saturated heterocycles. The second-order valence-corrected chi connectivity index (χ2v) is 29.2. The van der Waals surface area contributed by atoms with E-state index in [9.17, 15) is 45.6 Å². The van der Waals surface area contributed by atoms with Crippen LogP contribution < -0.4 is 5.32 Å². The second kappa shape index (κ2) is 66.4. The van der Waals surface area contributed by atoms with Gasteiger partial charge in [-0.2, -0.15) is 0 Å². The third-order valence-electron chi connectivity index (χ3n) is 20.3. The molecule has 0 aromatic carbocycles. The number of nitrogens with one attached hydrogen (secondary N) is 1. The molecule has 0 aromatic heterocycles. The van der Waals surface area contributed by atoms with E-state index in [4.69, 9.17) is 18.9 Å². The summed E-state index contributed by atoms with van der Waals surface area (Å²) in [6.45, 7) is 2.85. The monoisotopic (exact) mass is 1360 g/mol. The topological polar surface area (TPSA) is 228 Å². The molecule has 0 saturated carbocycles. The Morgan fingerprint density at radius 2 is 0.667 bits per heavy atom. The third-order valence-corrected chi connectivity index (χ3v) is 20.3. The van der Waals surface area contributed by atoms with E-state index in [1.807, 2.05) is 6.08 Å². The molecule has 14 heteroatoms. The average Bonchev–Trinajstić information content (AvgIpc) is 0.797. The van der Waals surface area contributed by atoms with Crippen molar-refractivity contribution >= 4 is 5.91 Å². The highest BCUT2D eigenvalue weighted by atomic mass is 16.7. The number of allylic oxidation sites excluding steroid dienone is 5. The predicted molar refractivity (Wildman–Crippen MR) is 397 cm³/mol. The first-order chi connectivity index (χ1) is 47.1. The highest BCUT2D eigenvalue weighted by Gasteiger charge is 2.51. The van der Waals surface area contributed by atoms with Crippen LogP contribution in [0.4, 0.5) is 0 Å². The number of carbonyl (C=O) groups excluding carboxylic acids is 1. The van der Waals surface area contributed by atoms with E-state index < -0.39 is 86.8 Å². The quantitative estimate of drug-likeness (QED) is 0.0204. The summed E-state index contributed by atoms with van der Waals surface area (Å²) in [5, 5.41) is 87.7. The van der Waals surface area contributed by atoms with E-state index in [-0.39, 0.29) is 18.9 Å². The van der Waals surface area contributed by atoms with Crippen LogP contribution in [0.5, 0.6) is 0 Å². The number of amides is 1. The van der Waals surface area contributed by atoms with Gasteiger partial charge in [-0.3, -0.25) is 4.79 Å². The normalized spacial score (nSPS) is 22.4. The molecule has 14 nitrogen and oxygen atoms in total. The second-order valence-electron chi connectivity index (χ2n) is 29.2. The standard InChI is InChI=1S/C82H155NO13/c1-3-5-7-9-11-13-15-17-19-21-23-25-27-29-31-33-35-37-39-41-43-45-47-49-51-53-55-57-59-61-63-65-71(86)70(69-93-81-79(92)77(90)80(73(68-85)95-81)96-82-78(91)76(89)75(88)72(67-84)94-82)83-74(87)66-64-62-60-58-56-54-52-50-48-46-44-42-40-38-36-34-32-30-28-26-24-22-20-18-16-14-12-10-8-6-4-2/h22,24,55,57,63,65,70-73,75-82,84-86,88-92H,3-21,23,25-54,56,58-62,64,66-69H2,1-2H3,(H,83,87)/b24-22-,57-55+,65-63+. The summed E-state index contributed by atoms with van der Waals surface area (Å²) in [7, 11) is 0. The van der Waals surface area contributed by atoms with Crippen LogP contribution in [0.3, 0.4) is 0 Å². The molecule has 0 radical (unpaired) electrons. The van der Waals surface area contributed by atoms with Crippen molar-refractivity contribution in [1.82, 2.24) is 5.32 Å². The molecule has 0 aromatic rings. The van der Waals surface area contributed by atoms with E-state index >= 15 is 0 Å². The van der Waals surface area contributed by atoms with E-state index in [1.165, 1.54) is 321 Å². The Labute approximate surface area is 589 Å². The number of aliphatic hydroxyl groups excluding tert-OH is 8. The number of unbranched alkanes of at least 4 members (excludes halogenated alkanes) is 53. The minimum atomic E-state index is -1.79. The summed E-state index contributed by atoms with van der Waals surface area (Å²) in [6, 6.07) is -0.932. The van der Waals surface area contributed by atoms with Gasteiger partial charge in [0.05, 0.1) is 32.0 Å². The Morgan fingerprint density at radius 1 is 0.365 bits per heavy atom. The number of hydrogen-bond donors (Lipinski definition) is 9. The number of aliphatic hydroxyl groups is 8. The molecular formula is C82H155NO13. The highest BCUT2D eigenvalue weighted by molar-refractivity contribution is 5.76. The average molecular weight is 1360 g/mol. The Hall–Kier alpha value is -1.79. The summed E-state index contributed by atoms with van der Waals surface area (Å²) >= 11 is 0. The highest BCUT2D eigenvalue weighted by Crippen LogP contribution is 2.30. The summed E-state index contributed by atoms with van der Waals surface area (Å²) in [4.78, 5) is 13.4. The van der Waals surface area contributed by atoms with Gasteiger partial charge in [-0.15, -0.1) is 0 Å². The van der Waals surface area contributed by atoms with E-state index in [1.54, 1.807) is 6.08 Å². The summed E-state index contributed by atoms with van der Waals surface area (Å²) < 4.78 is 22.9. The van der Waals surface area contributed by atoms with Gasteiger partial charge < -0.3 is 65.1 Å². The minimum absolute atomic E-state index is 0.241. The molecule has 1 amide bonds. The first kappa shape index (κ1) is 90.3. The van der Waals surface area contributed by atoms with Gasteiger partial charge in [-0.05, 0) is 57.8 Å². The Kier molecular flexibility index (Phi) is 62.5. The van der Waals surface area contributed by atoms with Gasteiger partial charge in [0.1, 0.15) is 48.8 Å². The van der Waals surface area contributed by atoms with Crippen molar-refractivity contribution in [2.24, 2.45) is 0 Å². The molecule has 566 valence electrons. The first-order valence-electron chi connectivity index (χ1n) is 41.2. The maximum Gasteiger partial charge on any atom is 0.220 e. The SMILES string of the molecule is CCCCCCCCCC/C=C\CCCCCCCCCCCCCCCCCCCCCC(=O)NC(COC1OC(CO)C(OC2OC(CO)C(O)C(O)C2O)C(O)C1O)C(O)/C=C/CC/C=C/CCCCCCCCCCCCCCCCCCCCCCCCCCC. The van der Waals surface area contributed by atoms with Gasteiger partial charge in [0.2, 0.25) is 5.91 Å². The predicted octanol–water partition coefficient (Wildman–Crippen LogP) is 18.8. The fourth-order valence-electron chi connectivity index (χ4n) is 13.8. The molecule has 2 aliphatic rings. The van der Waals surface area contributed by atoms with Crippen LogP contribution in [0.1, 0.15) is 386 Å². The molecule has 0 aliphatic carbocycles. The first-order valence-corrected chi connectivity index (χ1v) is 41.2. The minimum Gasteiger partial charge on any atom is -0.394 e. The molecule has 2 fully saturated rings. The van der Waals surface area contributed by atoms with Crippen LogP contribution in [0.25, 0.3) is 0 Å². The lowest BCUT2D eigenvalue weighted by Gasteiger charge is -2.46. The van der Waals surface area contributed by atoms with Crippen LogP contribution in [-0.2, 0) is 23.7 Å². The van der Waals surface area contributed by atoms with Crippen LogP contribution in [0, 0.1) is 0 Å². The molecule has 2 heterocycles. The lowest BCUT2D eigenvalue weighted by molar-refractivity contribution is -0.359. The molecule has 12 unspecified atom stereocenters. The molecule has 9 N–H and O–H groups in total. The molecule has 2 rings (SSSR count). The lowest BCUT2D eigenvalue weighted by atomic mass is 9.97. The van der Waals surface area contributed by atoms with Gasteiger partial charge in [0.25, 0.3) is 0 Å². The smallest absolute Gasteiger partial charge is 0.220 e. The van der Waals surface area contributed by atoms with Crippen LogP contribution >= 0.6 is 0 Å². The molecule has 2 aliphatic heterocycles. The summed E-state index contributed by atoms with van der Waals surface area (Å²) in [5.74, 6) is -0.241.